The summed E-state index contributed by atoms with van der Waals surface area (Å²) in [7, 11) is 4.36. The van der Waals surface area contributed by atoms with Gasteiger partial charge in [-0.25, -0.2) is 0 Å². The Morgan fingerprint density at radius 1 is 0.729 bits per heavy atom. The Balaban J connectivity index is 1.31. The number of benzene rings is 4. The van der Waals surface area contributed by atoms with Gasteiger partial charge in [-0.15, -0.1) is 0 Å². The molecule has 0 spiro atoms. The predicted octanol–water partition coefficient (Wildman–Crippen LogP) is 6.46. The van der Waals surface area contributed by atoms with Gasteiger partial charge >= 0.3 is 0 Å². The monoisotopic (exact) mass is 648 g/mol. The molecule has 0 bridgehead atoms. The number of amides is 2. The van der Waals surface area contributed by atoms with Gasteiger partial charge in [0, 0.05) is 11.6 Å². The number of rotatable bonds is 16. The topological polar surface area (TPSA) is 103 Å². The van der Waals surface area contributed by atoms with Crippen LogP contribution in [0.25, 0.3) is 0 Å². The minimum Gasteiger partial charge on any atom is -0.493 e. The maximum absolute atomic E-state index is 14.1. The number of hydrogen-bond donors (Lipinski definition) is 2. The van der Waals surface area contributed by atoms with Gasteiger partial charge in [-0.2, -0.15) is 0 Å². The van der Waals surface area contributed by atoms with Crippen LogP contribution in [0.3, 0.4) is 0 Å². The molecule has 2 N–H and O–H groups in total. The molecule has 2 atom stereocenters. The fraction of sp³-hybridized carbons (Fsp3) is 0.325. The van der Waals surface area contributed by atoms with E-state index < -0.39 is 23.7 Å². The third-order valence-corrected chi connectivity index (χ3v) is 9.06. The Labute approximate surface area is 282 Å². The van der Waals surface area contributed by atoms with Crippen molar-refractivity contribution in [1.82, 2.24) is 10.6 Å². The average molecular weight is 649 g/mol. The van der Waals surface area contributed by atoms with Gasteiger partial charge in [-0.1, -0.05) is 84.9 Å². The highest BCUT2D eigenvalue weighted by Gasteiger charge is 2.39. The molecular weight excluding hydrogens is 604 g/mol. The molecule has 250 valence electrons. The minimum atomic E-state index is -0.814. The van der Waals surface area contributed by atoms with Crippen LogP contribution in [0.4, 0.5) is 0 Å². The standard InChI is InChI=1S/C40H44N2O6/c1-46-34-25-30(26-35(47-2)38(34)48-3)37(43)40(45)42-36-32-23-11-10-20-29(32)24-33(36)39(44)41-31(21-12-18-27-14-6-4-7-15-27)22-13-19-28-16-8-5-9-17-28/h4-11,14-17,20,23,25-26,31,33,36H,12-13,18-19,21-22,24H2,1-3H3,(H,41,44)(H,42,45)/t33-,36-/m1/s1. The molecule has 0 aliphatic heterocycles. The Bertz CT molecular complexity index is 1620. The molecule has 5 rings (SSSR count). The van der Waals surface area contributed by atoms with Crippen molar-refractivity contribution in [2.45, 2.75) is 57.0 Å². The van der Waals surface area contributed by atoms with E-state index in [1.54, 1.807) is 0 Å². The second-order valence-electron chi connectivity index (χ2n) is 12.2. The van der Waals surface area contributed by atoms with Crippen LogP contribution in [-0.4, -0.2) is 45.0 Å². The second-order valence-corrected chi connectivity index (χ2v) is 12.2. The molecule has 8 heteroatoms. The summed E-state index contributed by atoms with van der Waals surface area (Å²) < 4.78 is 16.1. The van der Waals surface area contributed by atoms with E-state index in [1.807, 2.05) is 60.7 Å². The lowest BCUT2D eigenvalue weighted by Gasteiger charge is -2.25. The third kappa shape index (κ3) is 8.42. The maximum atomic E-state index is 14.1. The van der Waals surface area contributed by atoms with Gasteiger partial charge in [0.1, 0.15) is 0 Å². The summed E-state index contributed by atoms with van der Waals surface area (Å²) in [5.74, 6) is -1.42. The number of hydrogen-bond acceptors (Lipinski definition) is 6. The van der Waals surface area contributed by atoms with Crippen LogP contribution >= 0.6 is 0 Å². The van der Waals surface area contributed by atoms with Crippen LogP contribution < -0.4 is 24.8 Å². The van der Waals surface area contributed by atoms with Gasteiger partial charge in [0.2, 0.25) is 17.4 Å². The Morgan fingerprint density at radius 3 is 1.81 bits per heavy atom. The van der Waals surface area contributed by atoms with E-state index in [0.29, 0.717) is 12.2 Å². The van der Waals surface area contributed by atoms with Crippen molar-refractivity contribution < 1.29 is 28.6 Å². The van der Waals surface area contributed by atoms with Gasteiger partial charge in [0.15, 0.2) is 11.5 Å². The summed E-state index contributed by atoms with van der Waals surface area (Å²) in [5, 5.41) is 6.26. The smallest absolute Gasteiger partial charge is 0.292 e. The molecular formula is C40H44N2O6. The highest BCUT2D eigenvalue weighted by atomic mass is 16.5. The van der Waals surface area contributed by atoms with Crippen LogP contribution in [0.1, 0.15) is 64.3 Å². The fourth-order valence-corrected chi connectivity index (χ4v) is 6.56. The second kappa shape index (κ2) is 16.6. The first-order valence-electron chi connectivity index (χ1n) is 16.5. The Morgan fingerprint density at radius 2 is 1.27 bits per heavy atom. The van der Waals surface area contributed by atoms with Crippen molar-refractivity contribution >= 4 is 17.6 Å². The molecule has 0 fully saturated rings. The van der Waals surface area contributed by atoms with E-state index in [1.165, 1.54) is 44.6 Å². The Hall–Kier alpha value is -5.11. The largest absolute Gasteiger partial charge is 0.493 e. The molecule has 1 aliphatic carbocycles. The van der Waals surface area contributed by atoms with E-state index in [2.05, 4.69) is 34.9 Å². The first kappa shape index (κ1) is 34.2. The lowest BCUT2D eigenvalue weighted by Crippen LogP contribution is -2.45. The summed E-state index contributed by atoms with van der Waals surface area (Å²) in [6, 6.07) is 30.7. The molecule has 2 amide bonds. The molecule has 48 heavy (non-hydrogen) atoms. The molecule has 0 unspecified atom stereocenters. The number of Topliss-reactive ketones (excluding diaryl/α,β-unsaturated/α-hetero) is 1. The highest BCUT2D eigenvalue weighted by molar-refractivity contribution is 6.43. The van der Waals surface area contributed by atoms with E-state index in [9.17, 15) is 14.4 Å². The van der Waals surface area contributed by atoms with Crippen molar-refractivity contribution in [1.29, 1.82) is 0 Å². The summed E-state index contributed by atoms with van der Waals surface area (Å²) in [6.45, 7) is 0. The number of methoxy groups -OCH3 is 3. The maximum Gasteiger partial charge on any atom is 0.292 e. The van der Waals surface area contributed by atoms with E-state index >= 15 is 0 Å². The average Bonchev–Trinajstić information content (AvgIpc) is 3.49. The van der Waals surface area contributed by atoms with Crippen LogP contribution in [0, 0.1) is 5.92 Å². The van der Waals surface area contributed by atoms with Crippen molar-refractivity contribution in [2.75, 3.05) is 21.3 Å². The van der Waals surface area contributed by atoms with Crippen molar-refractivity contribution in [2.24, 2.45) is 5.92 Å². The lowest BCUT2D eigenvalue weighted by molar-refractivity contribution is -0.127. The van der Waals surface area contributed by atoms with Crippen LogP contribution in [0.15, 0.2) is 97.1 Å². The number of nitrogens with one attached hydrogen (secondary N) is 2. The van der Waals surface area contributed by atoms with Crippen LogP contribution in [0.2, 0.25) is 0 Å². The quantitative estimate of drug-likeness (QED) is 0.107. The van der Waals surface area contributed by atoms with Crippen molar-refractivity contribution in [3.8, 4) is 17.2 Å². The number of ether oxygens (including phenoxy) is 3. The van der Waals surface area contributed by atoms with E-state index in [0.717, 1.165) is 49.7 Å². The molecule has 0 aromatic heterocycles. The zero-order chi connectivity index (χ0) is 33.9. The summed E-state index contributed by atoms with van der Waals surface area (Å²) in [5.41, 5.74) is 4.46. The van der Waals surface area contributed by atoms with Gasteiger partial charge in [0.25, 0.3) is 5.91 Å². The highest BCUT2D eigenvalue weighted by Crippen LogP contribution is 2.39. The SMILES string of the molecule is COc1cc(C(=O)C(=O)N[C@@H]2c3ccccc3C[C@H]2C(=O)NC(CCCc2ccccc2)CCCc2ccccc2)cc(OC)c1OC. The van der Waals surface area contributed by atoms with Crippen LogP contribution in [-0.2, 0) is 28.9 Å². The minimum absolute atomic E-state index is 0.0224. The van der Waals surface area contributed by atoms with E-state index in [4.69, 9.17) is 14.2 Å². The molecule has 0 radical (unpaired) electrons. The lowest BCUT2D eigenvalue weighted by atomic mass is 9.95. The number of aryl methyl sites for hydroxylation is 2. The zero-order valence-corrected chi connectivity index (χ0v) is 27.9. The summed E-state index contributed by atoms with van der Waals surface area (Å²) >= 11 is 0. The number of carbonyl (C=O) groups is 3. The first-order chi connectivity index (χ1) is 23.4. The molecule has 4 aromatic carbocycles. The van der Waals surface area contributed by atoms with Gasteiger partial charge in [0.05, 0.1) is 33.3 Å². The number of fused-ring (bicyclic) bond motifs is 1. The summed E-state index contributed by atoms with van der Waals surface area (Å²) in [4.78, 5) is 41.0. The van der Waals surface area contributed by atoms with Gasteiger partial charge < -0.3 is 24.8 Å². The molecule has 4 aromatic rings. The Kier molecular flexibility index (Phi) is 11.9. The molecule has 8 nitrogen and oxygen atoms in total. The van der Waals surface area contributed by atoms with Gasteiger partial charge in [-0.05, 0) is 79.3 Å². The molecule has 0 saturated carbocycles. The molecule has 0 heterocycles. The molecule has 1 aliphatic rings. The third-order valence-electron chi connectivity index (χ3n) is 9.06. The van der Waals surface area contributed by atoms with Crippen molar-refractivity contribution in [3.05, 3.63) is 125 Å². The van der Waals surface area contributed by atoms with Crippen LogP contribution in [0.5, 0.6) is 17.2 Å². The van der Waals surface area contributed by atoms with Gasteiger partial charge in [-0.3, -0.25) is 14.4 Å². The summed E-state index contributed by atoms with van der Waals surface area (Å²) in [6.07, 6.45) is 5.89. The number of ketones is 1. The molecule has 0 saturated heterocycles. The zero-order valence-electron chi connectivity index (χ0n) is 27.9. The predicted molar refractivity (Wildman–Crippen MR) is 186 cm³/mol. The fourth-order valence-electron chi connectivity index (χ4n) is 6.56. The normalized spacial score (nSPS) is 15.0. The first-order valence-corrected chi connectivity index (χ1v) is 16.5. The number of carbonyl (C=O) groups excluding carboxylic acids is 3. The van der Waals surface area contributed by atoms with Crippen molar-refractivity contribution in [3.63, 3.8) is 0 Å². The van der Waals surface area contributed by atoms with E-state index in [-0.39, 0.29) is 29.0 Å².